The first-order valence-corrected chi connectivity index (χ1v) is 7.95. The van der Waals surface area contributed by atoms with Crippen LogP contribution in [0.4, 0.5) is 0 Å². The summed E-state index contributed by atoms with van der Waals surface area (Å²) >= 11 is 0. The monoisotopic (exact) mass is 267 g/mol. The van der Waals surface area contributed by atoms with Crippen molar-refractivity contribution in [1.82, 2.24) is 4.98 Å². The summed E-state index contributed by atoms with van der Waals surface area (Å²) in [6.07, 6.45) is 0. The molecule has 0 saturated heterocycles. The molecule has 1 aromatic heterocycles. The molecule has 0 aliphatic heterocycles. The average Bonchev–Trinajstić information content (AvgIpc) is 2.79. The Morgan fingerprint density at radius 3 is 2.16 bits per heavy atom. The molecule has 0 saturated carbocycles. The minimum absolute atomic E-state index is 0.112. The lowest BCUT2D eigenvalue weighted by Crippen LogP contribution is -2.10. The molecule has 0 spiro atoms. The van der Waals surface area contributed by atoms with Crippen LogP contribution in [-0.4, -0.2) is 4.98 Å². The largest absolute Gasteiger partial charge is 0.247 e. The van der Waals surface area contributed by atoms with Crippen LogP contribution < -0.4 is 0 Å². The Bertz CT molecular complexity index is 705. The van der Waals surface area contributed by atoms with Gasteiger partial charge in [0.1, 0.15) is 0 Å². The second kappa shape index (κ2) is 4.51. The van der Waals surface area contributed by atoms with Gasteiger partial charge in [0.15, 0.2) is 0 Å². The van der Waals surface area contributed by atoms with Gasteiger partial charge in [-0.3, -0.25) is 0 Å². The molecule has 3 aromatic rings. The zero-order valence-corrected chi connectivity index (χ0v) is 12.5. The molecule has 2 aromatic carbocycles. The van der Waals surface area contributed by atoms with Gasteiger partial charge in [0.25, 0.3) is 0 Å². The molecular weight excluding hydrogens is 249 g/mol. The molecule has 0 fully saturated rings. The third-order valence-electron chi connectivity index (χ3n) is 3.25. The Labute approximate surface area is 115 Å². The van der Waals surface area contributed by atoms with Crippen molar-refractivity contribution in [2.45, 2.75) is 26.2 Å². The van der Waals surface area contributed by atoms with E-state index in [2.05, 4.69) is 75.4 Å². The molecule has 3 rings (SSSR count). The second-order valence-corrected chi connectivity index (χ2v) is 7.94. The first-order chi connectivity index (χ1) is 9.07. The van der Waals surface area contributed by atoms with E-state index in [1.807, 2.05) is 0 Å². The van der Waals surface area contributed by atoms with Crippen LogP contribution in [-0.2, 0) is 5.41 Å². The first-order valence-electron chi connectivity index (χ1n) is 6.61. The molecule has 2 heteroatoms. The summed E-state index contributed by atoms with van der Waals surface area (Å²) in [5.74, 6) is 0. The van der Waals surface area contributed by atoms with Gasteiger partial charge in [-0.1, -0.05) is 70.8 Å². The molecule has 1 atom stereocenters. The van der Waals surface area contributed by atoms with Crippen molar-refractivity contribution < 1.29 is 0 Å². The van der Waals surface area contributed by atoms with Crippen LogP contribution in [0.25, 0.3) is 15.9 Å². The number of fused-ring (bicyclic) bond motifs is 1. The zero-order valence-electron chi connectivity index (χ0n) is 11.6. The molecule has 1 nitrogen and oxygen atoms in total. The van der Waals surface area contributed by atoms with Gasteiger partial charge in [0.2, 0.25) is 0 Å². The fourth-order valence-corrected chi connectivity index (χ4v) is 5.06. The molecule has 1 heterocycles. The number of rotatable bonds is 1. The standard InChI is InChI=1S/C17H18NP/c1-17(2,3)16-18-14-11-7-8-12-15(14)19(16)13-9-5-4-6-10-13/h4-12H,1-3H3. The van der Waals surface area contributed by atoms with Gasteiger partial charge in [-0.15, -0.1) is 0 Å². The maximum Gasteiger partial charge on any atom is 0.0753 e. The van der Waals surface area contributed by atoms with Crippen LogP contribution in [0, 0.1) is 0 Å². The second-order valence-electron chi connectivity index (χ2n) is 5.85. The van der Waals surface area contributed by atoms with E-state index in [9.17, 15) is 0 Å². The van der Waals surface area contributed by atoms with E-state index in [0.717, 1.165) is 5.52 Å². The topological polar surface area (TPSA) is 12.9 Å². The highest BCUT2D eigenvalue weighted by molar-refractivity contribution is 7.63. The number of hydrogen-bond acceptors (Lipinski definition) is 1. The lowest BCUT2D eigenvalue weighted by molar-refractivity contribution is 0.587. The van der Waals surface area contributed by atoms with Crippen LogP contribution in [0.15, 0.2) is 54.6 Å². The number of nitrogens with zero attached hydrogens (tertiary/aromatic N) is 1. The van der Waals surface area contributed by atoms with E-state index in [1.54, 1.807) is 0 Å². The molecule has 1 unspecified atom stereocenters. The van der Waals surface area contributed by atoms with Gasteiger partial charge in [-0.25, -0.2) is 4.98 Å². The van der Waals surface area contributed by atoms with Crippen molar-refractivity contribution >= 4 is 18.2 Å². The Kier molecular flexibility index (Phi) is 2.95. The summed E-state index contributed by atoms with van der Waals surface area (Å²) in [5, 5.41) is 2.80. The maximum atomic E-state index is 4.93. The highest BCUT2D eigenvalue weighted by Crippen LogP contribution is 2.53. The summed E-state index contributed by atoms with van der Waals surface area (Å²) in [6.45, 7) is 6.78. The number of para-hydroxylation sites is 1. The van der Waals surface area contributed by atoms with Gasteiger partial charge in [-0.2, -0.15) is 0 Å². The molecule has 0 aliphatic rings. The quantitative estimate of drug-likeness (QED) is 0.566. The Balaban J connectivity index is 2.38. The zero-order chi connectivity index (χ0) is 13.5. The van der Waals surface area contributed by atoms with Crippen LogP contribution in [0.2, 0.25) is 0 Å². The van der Waals surface area contributed by atoms with Crippen molar-refractivity contribution in [3.8, 4) is 5.30 Å². The van der Waals surface area contributed by atoms with Crippen molar-refractivity contribution in [3.05, 3.63) is 60.0 Å². The molecule has 0 aliphatic carbocycles. The van der Waals surface area contributed by atoms with Crippen LogP contribution in [0.3, 0.4) is 0 Å². The smallest absolute Gasteiger partial charge is 0.0753 e. The van der Waals surface area contributed by atoms with Crippen molar-refractivity contribution in [2.75, 3.05) is 0 Å². The Morgan fingerprint density at radius 2 is 1.47 bits per heavy atom. The average molecular weight is 267 g/mol. The SMILES string of the molecule is CC(C)(C)c1nc2ccccc2p1-c1ccccc1. The summed E-state index contributed by atoms with van der Waals surface area (Å²) in [4.78, 5) is 4.93. The fourth-order valence-electron chi connectivity index (χ4n) is 2.37. The summed E-state index contributed by atoms with van der Waals surface area (Å²) in [7, 11) is -0.458. The number of hydrogen-bond donors (Lipinski definition) is 0. The lowest BCUT2D eigenvalue weighted by Gasteiger charge is -2.18. The van der Waals surface area contributed by atoms with Crippen LogP contribution >= 0.6 is 7.53 Å². The predicted molar refractivity (Wildman–Crippen MR) is 84.5 cm³/mol. The predicted octanol–water partition coefficient (Wildman–Crippen LogP) is 5.51. The third kappa shape index (κ3) is 2.19. The van der Waals surface area contributed by atoms with E-state index < -0.39 is 7.53 Å². The van der Waals surface area contributed by atoms with E-state index in [1.165, 1.54) is 15.8 Å². The first kappa shape index (κ1) is 12.4. The lowest BCUT2D eigenvalue weighted by atomic mass is 9.98. The molecule has 96 valence electrons. The number of aromatic nitrogens is 1. The van der Waals surface area contributed by atoms with Crippen molar-refractivity contribution in [3.63, 3.8) is 0 Å². The van der Waals surface area contributed by atoms with E-state index >= 15 is 0 Å². The number of benzene rings is 2. The van der Waals surface area contributed by atoms with Crippen molar-refractivity contribution in [2.24, 2.45) is 0 Å². The van der Waals surface area contributed by atoms with E-state index in [-0.39, 0.29) is 5.41 Å². The minimum atomic E-state index is -0.458. The van der Waals surface area contributed by atoms with Crippen molar-refractivity contribution in [1.29, 1.82) is 0 Å². The normalized spacial score (nSPS) is 12.9. The minimum Gasteiger partial charge on any atom is -0.247 e. The molecule has 0 N–H and O–H groups in total. The molecular formula is C17H18NP. The Morgan fingerprint density at radius 1 is 0.842 bits per heavy atom. The van der Waals surface area contributed by atoms with Gasteiger partial charge >= 0.3 is 0 Å². The fraction of sp³-hybridized carbons (Fsp3) is 0.235. The van der Waals surface area contributed by atoms with Gasteiger partial charge in [-0.05, 0) is 12.1 Å². The molecule has 0 bridgehead atoms. The highest BCUT2D eigenvalue weighted by atomic mass is 31.1. The van der Waals surface area contributed by atoms with Gasteiger partial charge < -0.3 is 0 Å². The molecule has 19 heavy (non-hydrogen) atoms. The third-order valence-corrected chi connectivity index (χ3v) is 6.11. The summed E-state index contributed by atoms with van der Waals surface area (Å²) in [5.41, 5.74) is 2.60. The molecule has 0 amide bonds. The van der Waals surface area contributed by atoms with E-state index in [0.29, 0.717) is 0 Å². The summed E-state index contributed by atoms with van der Waals surface area (Å²) in [6, 6.07) is 19.4. The van der Waals surface area contributed by atoms with Gasteiger partial charge in [0, 0.05) is 15.8 Å². The van der Waals surface area contributed by atoms with Crippen LogP contribution in [0.5, 0.6) is 0 Å². The van der Waals surface area contributed by atoms with Gasteiger partial charge in [0.05, 0.1) is 10.9 Å². The highest BCUT2D eigenvalue weighted by Gasteiger charge is 2.23. The Hall–Kier alpha value is -1.59. The van der Waals surface area contributed by atoms with Crippen LogP contribution in [0.1, 0.15) is 26.2 Å². The summed E-state index contributed by atoms with van der Waals surface area (Å²) < 4.78 is 0. The van der Waals surface area contributed by atoms with E-state index in [4.69, 9.17) is 4.98 Å². The maximum absolute atomic E-state index is 4.93. The molecule has 0 radical (unpaired) electrons.